The van der Waals surface area contributed by atoms with Gasteiger partial charge in [-0.05, 0) is 54.7 Å². The van der Waals surface area contributed by atoms with Gasteiger partial charge in [0.1, 0.15) is 5.82 Å². The molecule has 27 heavy (non-hydrogen) atoms. The minimum absolute atomic E-state index is 0.0388. The monoisotopic (exact) mass is 370 g/mol. The Bertz CT molecular complexity index is 721. The lowest BCUT2D eigenvalue weighted by atomic mass is 9.58. The number of hydrogen-bond donors (Lipinski definition) is 0. The van der Waals surface area contributed by atoms with Gasteiger partial charge in [-0.15, -0.1) is 0 Å². The summed E-state index contributed by atoms with van der Waals surface area (Å²) in [7, 11) is 0. The summed E-state index contributed by atoms with van der Waals surface area (Å²) in [4.78, 5) is 16.9. The maximum absolute atomic E-state index is 13.8. The molecule has 2 saturated heterocycles. The smallest absolute Gasteiger partial charge is 0.219 e. The summed E-state index contributed by atoms with van der Waals surface area (Å²) in [5.41, 5.74) is 1.63. The molecule has 2 aliphatic carbocycles. The Morgan fingerprint density at radius 3 is 2.59 bits per heavy atom. The van der Waals surface area contributed by atoms with Crippen LogP contribution in [0.5, 0.6) is 0 Å². The van der Waals surface area contributed by atoms with E-state index in [2.05, 4.69) is 4.90 Å². The summed E-state index contributed by atoms with van der Waals surface area (Å²) in [6.07, 6.45) is 9.92. The number of fused-ring (bicyclic) bond motifs is 1. The molecule has 1 spiro atoms. The third-order valence-electron chi connectivity index (χ3n) is 8.05. The first-order valence-electron chi connectivity index (χ1n) is 10.8. The van der Waals surface area contributed by atoms with Crippen LogP contribution in [0.2, 0.25) is 0 Å². The lowest BCUT2D eigenvalue weighted by Crippen LogP contribution is -2.51. The molecule has 0 bridgehead atoms. The van der Waals surface area contributed by atoms with E-state index in [-0.39, 0.29) is 17.8 Å². The Morgan fingerprint density at radius 1 is 1.11 bits per heavy atom. The molecular weight excluding hydrogens is 339 g/mol. The van der Waals surface area contributed by atoms with Crippen molar-refractivity contribution in [2.45, 2.75) is 64.0 Å². The number of amides is 1. The molecule has 2 saturated carbocycles. The van der Waals surface area contributed by atoms with E-state index >= 15 is 0 Å². The SMILES string of the molecule is CC(=O)N1C[C@H]2CN(C3CC4(CCCCC4)C3)C[C@H]2[C@@H]1c1cccc(F)c1. The number of rotatable bonds is 2. The second kappa shape index (κ2) is 6.58. The number of benzene rings is 1. The van der Waals surface area contributed by atoms with Gasteiger partial charge in [0.25, 0.3) is 0 Å². The minimum atomic E-state index is -0.201. The Labute approximate surface area is 161 Å². The van der Waals surface area contributed by atoms with E-state index in [9.17, 15) is 9.18 Å². The van der Waals surface area contributed by atoms with E-state index in [1.165, 1.54) is 51.0 Å². The number of hydrogen-bond acceptors (Lipinski definition) is 2. The third kappa shape index (κ3) is 3.00. The molecule has 5 rings (SSSR count). The van der Waals surface area contributed by atoms with Gasteiger partial charge >= 0.3 is 0 Å². The van der Waals surface area contributed by atoms with E-state index in [1.54, 1.807) is 19.1 Å². The van der Waals surface area contributed by atoms with Gasteiger partial charge < -0.3 is 4.90 Å². The standard InChI is InChI=1S/C23H31FN2O/c1-16(27)26-14-18-13-25(20-11-23(12-20)8-3-2-4-9-23)15-21(18)22(26)17-6-5-7-19(24)10-17/h5-7,10,18,20-22H,2-4,8-9,11-15H2,1H3/t18-,21-,22+/m1/s1. The fourth-order valence-electron chi connectivity index (χ4n) is 6.73. The van der Waals surface area contributed by atoms with Crippen molar-refractivity contribution in [2.24, 2.45) is 17.3 Å². The molecule has 1 aromatic carbocycles. The first-order valence-corrected chi connectivity index (χ1v) is 10.8. The van der Waals surface area contributed by atoms with Gasteiger partial charge in [-0.1, -0.05) is 31.4 Å². The molecule has 4 aliphatic rings. The minimum Gasteiger partial charge on any atom is -0.335 e. The van der Waals surface area contributed by atoms with E-state index < -0.39 is 0 Å². The molecule has 4 heteroatoms. The summed E-state index contributed by atoms with van der Waals surface area (Å²) in [6.45, 7) is 4.66. The zero-order valence-corrected chi connectivity index (χ0v) is 16.4. The summed E-state index contributed by atoms with van der Waals surface area (Å²) >= 11 is 0. The normalized spacial score (nSPS) is 33.3. The van der Waals surface area contributed by atoms with Gasteiger partial charge in [0.15, 0.2) is 0 Å². The van der Waals surface area contributed by atoms with Crippen LogP contribution in [-0.4, -0.2) is 41.4 Å². The molecule has 0 aromatic heterocycles. The average molecular weight is 371 g/mol. The molecule has 3 nitrogen and oxygen atoms in total. The maximum Gasteiger partial charge on any atom is 0.219 e. The maximum atomic E-state index is 13.8. The summed E-state index contributed by atoms with van der Waals surface area (Å²) < 4.78 is 13.8. The second-order valence-corrected chi connectivity index (χ2v) is 9.67. The quantitative estimate of drug-likeness (QED) is 0.771. The molecule has 4 fully saturated rings. The van der Waals surface area contributed by atoms with Crippen LogP contribution in [0.3, 0.4) is 0 Å². The molecule has 3 atom stereocenters. The van der Waals surface area contributed by atoms with Crippen LogP contribution < -0.4 is 0 Å². The van der Waals surface area contributed by atoms with Crippen molar-refractivity contribution in [3.8, 4) is 0 Å². The van der Waals surface area contributed by atoms with E-state index in [4.69, 9.17) is 0 Å². The molecule has 0 unspecified atom stereocenters. The molecule has 2 aliphatic heterocycles. The van der Waals surface area contributed by atoms with Crippen LogP contribution >= 0.6 is 0 Å². The number of likely N-dealkylation sites (tertiary alicyclic amines) is 2. The van der Waals surface area contributed by atoms with E-state index in [0.717, 1.165) is 31.2 Å². The fourth-order valence-corrected chi connectivity index (χ4v) is 6.73. The predicted molar refractivity (Wildman–Crippen MR) is 104 cm³/mol. The van der Waals surface area contributed by atoms with Crippen LogP contribution in [0.1, 0.15) is 63.5 Å². The molecular formula is C23H31FN2O. The largest absolute Gasteiger partial charge is 0.335 e. The average Bonchev–Trinajstić information content (AvgIpc) is 3.18. The van der Waals surface area contributed by atoms with Crippen molar-refractivity contribution < 1.29 is 9.18 Å². The Balaban J connectivity index is 1.31. The van der Waals surface area contributed by atoms with Crippen molar-refractivity contribution in [3.05, 3.63) is 35.6 Å². The zero-order chi connectivity index (χ0) is 18.6. The predicted octanol–water partition coefficient (Wildman–Crippen LogP) is 4.39. The fraction of sp³-hybridized carbons (Fsp3) is 0.696. The molecule has 2 heterocycles. The summed E-state index contributed by atoms with van der Waals surface area (Å²) in [5, 5.41) is 0. The van der Waals surface area contributed by atoms with E-state index in [0.29, 0.717) is 17.3 Å². The first-order chi connectivity index (χ1) is 13.0. The van der Waals surface area contributed by atoms with Crippen LogP contribution in [-0.2, 0) is 4.79 Å². The van der Waals surface area contributed by atoms with Crippen molar-refractivity contribution in [1.82, 2.24) is 9.80 Å². The lowest BCUT2D eigenvalue weighted by Gasteiger charge is -2.53. The van der Waals surface area contributed by atoms with Crippen molar-refractivity contribution in [3.63, 3.8) is 0 Å². The number of nitrogens with zero attached hydrogens (tertiary/aromatic N) is 2. The topological polar surface area (TPSA) is 23.6 Å². The lowest BCUT2D eigenvalue weighted by molar-refractivity contribution is -0.130. The van der Waals surface area contributed by atoms with Gasteiger partial charge in [0.2, 0.25) is 5.91 Å². The van der Waals surface area contributed by atoms with Gasteiger partial charge in [-0.25, -0.2) is 4.39 Å². The van der Waals surface area contributed by atoms with Crippen LogP contribution in [0, 0.1) is 23.1 Å². The molecule has 0 N–H and O–H groups in total. The van der Waals surface area contributed by atoms with Crippen molar-refractivity contribution >= 4 is 5.91 Å². The highest BCUT2D eigenvalue weighted by Crippen LogP contribution is 2.55. The first kappa shape index (κ1) is 17.7. The summed E-state index contributed by atoms with van der Waals surface area (Å²) in [6, 6.07) is 7.68. The number of halogens is 1. The third-order valence-corrected chi connectivity index (χ3v) is 8.05. The van der Waals surface area contributed by atoms with Gasteiger partial charge in [-0.2, -0.15) is 0 Å². The highest BCUT2D eigenvalue weighted by atomic mass is 19.1. The Hall–Kier alpha value is -1.42. The van der Waals surface area contributed by atoms with Gasteiger partial charge in [-0.3, -0.25) is 9.69 Å². The second-order valence-electron chi connectivity index (χ2n) is 9.67. The molecule has 0 radical (unpaired) electrons. The zero-order valence-electron chi connectivity index (χ0n) is 16.4. The molecule has 1 amide bonds. The summed E-state index contributed by atoms with van der Waals surface area (Å²) in [5.74, 6) is 0.895. The molecule has 1 aromatic rings. The Morgan fingerprint density at radius 2 is 1.89 bits per heavy atom. The van der Waals surface area contributed by atoms with Crippen LogP contribution in [0.15, 0.2) is 24.3 Å². The highest BCUT2D eigenvalue weighted by molar-refractivity contribution is 5.74. The van der Waals surface area contributed by atoms with Crippen molar-refractivity contribution in [1.29, 1.82) is 0 Å². The molecule has 146 valence electrons. The van der Waals surface area contributed by atoms with Gasteiger partial charge in [0.05, 0.1) is 6.04 Å². The van der Waals surface area contributed by atoms with E-state index in [1.807, 2.05) is 11.0 Å². The van der Waals surface area contributed by atoms with Crippen molar-refractivity contribution in [2.75, 3.05) is 19.6 Å². The number of carbonyl (C=O) groups is 1. The highest BCUT2D eigenvalue weighted by Gasteiger charge is 2.53. The van der Waals surface area contributed by atoms with Gasteiger partial charge in [0, 0.05) is 38.5 Å². The van der Waals surface area contributed by atoms with Crippen LogP contribution in [0.4, 0.5) is 4.39 Å². The number of carbonyl (C=O) groups excluding carboxylic acids is 1. The Kier molecular flexibility index (Phi) is 4.30. The van der Waals surface area contributed by atoms with Crippen LogP contribution in [0.25, 0.3) is 0 Å².